The van der Waals surface area contributed by atoms with E-state index in [1.165, 1.54) is 55.0 Å². The summed E-state index contributed by atoms with van der Waals surface area (Å²) >= 11 is 0. The number of benzene rings is 2. The van der Waals surface area contributed by atoms with Crippen LogP contribution in [0.2, 0.25) is 0 Å². The van der Waals surface area contributed by atoms with Gasteiger partial charge in [0.25, 0.3) is 0 Å². The minimum absolute atomic E-state index is 0.249. The number of likely N-dealkylation sites (tertiary alicyclic amines) is 1. The Morgan fingerprint density at radius 1 is 0.952 bits per heavy atom. The zero-order valence-corrected chi connectivity index (χ0v) is 25.8. The van der Waals surface area contributed by atoms with Gasteiger partial charge in [0.1, 0.15) is 0 Å². The Balaban J connectivity index is 1.03. The largest absolute Gasteiger partial charge is 0.493 e. The number of aromatic nitrogens is 1. The lowest BCUT2D eigenvalue weighted by Crippen LogP contribution is -2.60. The number of nitrogens with one attached hydrogen (secondary N) is 2. The number of fused-ring (bicyclic) bond motifs is 1. The first kappa shape index (κ1) is 27.8. The number of piperidine rings is 1. The number of carbonyl (C=O) groups is 1. The maximum absolute atomic E-state index is 13.3. The van der Waals surface area contributed by atoms with E-state index in [1.54, 1.807) is 14.2 Å². The monoisotopic (exact) mass is 569 g/mol. The third-order valence-corrected chi connectivity index (χ3v) is 11.1. The molecule has 6 nitrogen and oxygen atoms in total. The fourth-order valence-corrected chi connectivity index (χ4v) is 9.47. The molecule has 0 spiro atoms. The van der Waals surface area contributed by atoms with Crippen molar-refractivity contribution in [2.45, 2.75) is 82.6 Å². The van der Waals surface area contributed by atoms with Gasteiger partial charge in [0.05, 0.1) is 26.5 Å². The molecular weight excluding hydrogens is 522 g/mol. The number of nitrogens with zero attached hydrogens (tertiary/aromatic N) is 1. The van der Waals surface area contributed by atoms with Gasteiger partial charge in [0.2, 0.25) is 5.91 Å². The molecule has 4 bridgehead atoms. The third kappa shape index (κ3) is 5.00. The highest BCUT2D eigenvalue weighted by Gasteiger charge is 2.50. The normalized spacial score (nSPS) is 27.3. The van der Waals surface area contributed by atoms with Crippen molar-refractivity contribution in [1.82, 2.24) is 15.2 Å². The number of aromatic amines is 1. The van der Waals surface area contributed by atoms with Gasteiger partial charge in [-0.25, -0.2) is 0 Å². The number of hydrogen-bond donors (Lipinski definition) is 2. The molecule has 42 heavy (non-hydrogen) atoms. The summed E-state index contributed by atoms with van der Waals surface area (Å²) in [4.78, 5) is 19.1. The summed E-state index contributed by atoms with van der Waals surface area (Å²) in [5, 5.41) is 5.12. The van der Waals surface area contributed by atoms with Crippen LogP contribution in [-0.2, 0) is 4.79 Å². The average molecular weight is 570 g/mol. The molecule has 8 rings (SSSR count). The molecule has 6 heteroatoms. The second-order valence-corrected chi connectivity index (χ2v) is 14.1. The molecule has 2 N–H and O–H groups in total. The van der Waals surface area contributed by atoms with E-state index in [-0.39, 0.29) is 5.54 Å². The zero-order chi connectivity index (χ0) is 29.0. The van der Waals surface area contributed by atoms with E-state index in [9.17, 15) is 4.79 Å². The Bertz CT molecular complexity index is 1430. The summed E-state index contributed by atoms with van der Waals surface area (Å²) in [6, 6.07) is 13.1. The second-order valence-electron chi connectivity index (χ2n) is 14.1. The Morgan fingerprint density at radius 3 is 2.24 bits per heavy atom. The van der Waals surface area contributed by atoms with Gasteiger partial charge in [-0.3, -0.25) is 4.79 Å². The van der Waals surface area contributed by atoms with Crippen molar-refractivity contribution >= 4 is 16.8 Å². The predicted octanol–water partition coefficient (Wildman–Crippen LogP) is 7.24. The summed E-state index contributed by atoms with van der Waals surface area (Å²) in [6.45, 7) is 6.75. The van der Waals surface area contributed by atoms with E-state index in [0.29, 0.717) is 24.3 Å². The van der Waals surface area contributed by atoms with Crippen molar-refractivity contribution in [2.24, 2.45) is 17.8 Å². The number of ether oxygens (including phenoxy) is 2. The zero-order valence-electron chi connectivity index (χ0n) is 25.8. The lowest BCUT2D eigenvalue weighted by molar-refractivity contribution is -0.132. The fourth-order valence-electron chi connectivity index (χ4n) is 9.47. The van der Waals surface area contributed by atoms with Crippen molar-refractivity contribution in [3.8, 4) is 22.8 Å². The minimum Gasteiger partial charge on any atom is -0.493 e. The summed E-state index contributed by atoms with van der Waals surface area (Å²) in [5.41, 5.74) is 6.38. The van der Waals surface area contributed by atoms with Gasteiger partial charge in [0, 0.05) is 35.1 Å². The van der Waals surface area contributed by atoms with Crippen LogP contribution in [0.5, 0.6) is 11.5 Å². The van der Waals surface area contributed by atoms with Crippen molar-refractivity contribution in [2.75, 3.05) is 33.9 Å². The molecular formula is C36H47N3O3. The van der Waals surface area contributed by atoms with Gasteiger partial charge in [-0.2, -0.15) is 0 Å². The molecule has 0 atom stereocenters. The first-order chi connectivity index (χ1) is 20.3. The molecule has 2 heterocycles. The highest BCUT2D eigenvalue weighted by molar-refractivity contribution is 5.92. The number of methoxy groups -OCH3 is 2. The van der Waals surface area contributed by atoms with Crippen molar-refractivity contribution in [1.29, 1.82) is 0 Å². The summed E-state index contributed by atoms with van der Waals surface area (Å²) in [6.07, 6.45) is 10.2. The van der Waals surface area contributed by atoms with Crippen LogP contribution in [-0.4, -0.2) is 55.2 Å². The number of H-pyrrole nitrogens is 1. The van der Waals surface area contributed by atoms with E-state index in [1.807, 2.05) is 6.07 Å². The summed E-state index contributed by atoms with van der Waals surface area (Å²) < 4.78 is 11.1. The van der Waals surface area contributed by atoms with Crippen molar-refractivity contribution in [3.63, 3.8) is 0 Å². The van der Waals surface area contributed by atoms with E-state index in [0.717, 1.165) is 72.0 Å². The molecule has 1 saturated heterocycles. The van der Waals surface area contributed by atoms with E-state index in [4.69, 9.17) is 9.47 Å². The molecule has 1 amide bonds. The fraction of sp³-hybridized carbons (Fsp3) is 0.583. The molecule has 5 aliphatic rings. The van der Waals surface area contributed by atoms with E-state index < -0.39 is 0 Å². The molecule has 1 aromatic heterocycles. The van der Waals surface area contributed by atoms with E-state index >= 15 is 0 Å². The third-order valence-electron chi connectivity index (χ3n) is 11.1. The van der Waals surface area contributed by atoms with Crippen LogP contribution in [0, 0.1) is 17.8 Å². The van der Waals surface area contributed by atoms with Crippen LogP contribution in [0.15, 0.2) is 36.4 Å². The smallest absolute Gasteiger partial charge is 0.236 e. The highest BCUT2D eigenvalue weighted by Crippen LogP contribution is 2.55. The summed E-state index contributed by atoms with van der Waals surface area (Å²) in [7, 11) is 3.35. The first-order valence-electron chi connectivity index (χ1n) is 16.3. The standard InChI is InChI=1S/C36H47N3O3/c1-22(2)34-29-16-27(5-7-30(29)38-35(34)28-6-8-31(41-3)32(17-28)42-4)26-9-11-39(12-10-26)33(40)21-37-36-18-23-13-24(19-36)15-25(14-23)20-36/h5-8,16-17,22-26,37-38H,9-15,18-21H2,1-4H3. The predicted molar refractivity (Wildman–Crippen MR) is 168 cm³/mol. The van der Waals surface area contributed by atoms with Gasteiger partial charge in [-0.05, 0) is 122 Å². The van der Waals surface area contributed by atoms with Crippen LogP contribution in [0.25, 0.3) is 22.2 Å². The molecule has 5 fully saturated rings. The molecule has 224 valence electrons. The van der Waals surface area contributed by atoms with Gasteiger partial charge in [0.15, 0.2) is 11.5 Å². The van der Waals surface area contributed by atoms with Crippen molar-refractivity contribution in [3.05, 3.63) is 47.5 Å². The van der Waals surface area contributed by atoms with Crippen LogP contribution in [0.3, 0.4) is 0 Å². The van der Waals surface area contributed by atoms with Crippen LogP contribution >= 0.6 is 0 Å². The second kappa shape index (κ2) is 10.9. The maximum atomic E-state index is 13.3. The minimum atomic E-state index is 0.249. The number of amides is 1. The summed E-state index contributed by atoms with van der Waals surface area (Å²) in [5.74, 6) is 5.31. The van der Waals surface area contributed by atoms with Crippen LogP contribution in [0.4, 0.5) is 0 Å². The van der Waals surface area contributed by atoms with Crippen LogP contribution < -0.4 is 14.8 Å². The van der Waals surface area contributed by atoms with Gasteiger partial charge in [-0.15, -0.1) is 0 Å². The van der Waals surface area contributed by atoms with Gasteiger partial charge in [-0.1, -0.05) is 19.9 Å². The maximum Gasteiger partial charge on any atom is 0.236 e. The van der Waals surface area contributed by atoms with E-state index in [2.05, 4.69) is 59.4 Å². The molecule has 2 aromatic carbocycles. The highest BCUT2D eigenvalue weighted by atomic mass is 16.5. The lowest BCUT2D eigenvalue weighted by atomic mass is 9.53. The number of rotatable bonds is 8. The Morgan fingerprint density at radius 2 is 1.62 bits per heavy atom. The number of hydrogen-bond acceptors (Lipinski definition) is 4. The molecule has 4 aliphatic carbocycles. The molecule has 3 aromatic rings. The molecule has 0 unspecified atom stereocenters. The van der Waals surface area contributed by atoms with Gasteiger partial charge < -0.3 is 24.7 Å². The molecule has 0 radical (unpaired) electrons. The van der Waals surface area contributed by atoms with Gasteiger partial charge >= 0.3 is 0 Å². The average Bonchev–Trinajstić information content (AvgIpc) is 3.38. The Labute approximate surface area is 250 Å². The molecule has 4 saturated carbocycles. The first-order valence-corrected chi connectivity index (χ1v) is 16.3. The lowest BCUT2D eigenvalue weighted by Gasteiger charge is -2.57. The molecule has 1 aliphatic heterocycles. The van der Waals surface area contributed by atoms with Crippen LogP contribution in [0.1, 0.15) is 88.2 Å². The van der Waals surface area contributed by atoms with Crippen molar-refractivity contribution < 1.29 is 14.3 Å². The topological polar surface area (TPSA) is 66.6 Å². The Kier molecular flexibility index (Phi) is 7.24. The Hall–Kier alpha value is -2.99. The quantitative estimate of drug-likeness (QED) is 0.300. The number of carbonyl (C=O) groups excluding carboxylic acids is 1. The SMILES string of the molecule is COc1ccc(-c2[nH]c3ccc(C4CCN(C(=O)CNC56CC7CC(CC(C7)C5)C6)CC4)cc3c2C(C)C)cc1OC.